The third-order valence-electron chi connectivity index (χ3n) is 6.20. The summed E-state index contributed by atoms with van der Waals surface area (Å²) in [5.41, 5.74) is 3.42. The molecule has 8 heteroatoms. The first-order valence-electron chi connectivity index (χ1n) is 11.0. The van der Waals surface area contributed by atoms with Crippen LogP contribution in [0.3, 0.4) is 0 Å². The average molecular weight is 474 g/mol. The van der Waals surface area contributed by atoms with Crippen LogP contribution in [0.2, 0.25) is 0 Å². The third-order valence-corrected chi connectivity index (χ3v) is 8.24. The minimum absolute atomic E-state index is 0.0450. The van der Waals surface area contributed by atoms with E-state index in [4.69, 9.17) is 9.47 Å². The average Bonchev–Trinajstić information content (AvgIpc) is 2.79. The highest BCUT2D eigenvalue weighted by Crippen LogP contribution is 2.32. The molecule has 1 unspecified atom stereocenters. The van der Waals surface area contributed by atoms with Gasteiger partial charge in [0.05, 0.1) is 12.7 Å². The Balaban J connectivity index is 1.82. The number of esters is 1. The van der Waals surface area contributed by atoms with Gasteiger partial charge in [-0.15, -0.1) is 0 Å². The Labute approximate surface area is 195 Å². The van der Waals surface area contributed by atoms with E-state index >= 15 is 0 Å². The molecular formula is C25H31NO6S. The standard InChI is InChI=1S/C25H31NO6S/c1-16-12-18(3)21(13-17(16)2)22(27)15-32-25(28)20-9-10-23(31-5)24(14-20)33(29,30)26-11-7-6-8-19(26)4/h9-10,12-14,19H,6-8,11,15H2,1-5H3. The van der Waals surface area contributed by atoms with Gasteiger partial charge in [0.2, 0.25) is 15.8 Å². The largest absolute Gasteiger partial charge is 0.495 e. The maximum absolute atomic E-state index is 13.3. The summed E-state index contributed by atoms with van der Waals surface area (Å²) in [7, 11) is -2.48. The molecule has 0 radical (unpaired) electrons. The van der Waals surface area contributed by atoms with Gasteiger partial charge in [0.15, 0.2) is 6.61 Å². The van der Waals surface area contributed by atoms with Crippen LogP contribution in [0.15, 0.2) is 35.2 Å². The minimum Gasteiger partial charge on any atom is -0.495 e. The van der Waals surface area contributed by atoms with Gasteiger partial charge in [-0.2, -0.15) is 4.31 Å². The highest BCUT2D eigenvalue weighted by Gasteiger charge is 2.33. The Kier molecular flexibility index (Phi) is 7.59. The van der Waals surface area contributed by atoms with Crippen LogP contribution in [0.25, 0.3) is 0 Å². The number of rotatable bonds is 7. The molecule has 1 heterocycles. The van der Waals surface area contributed by atoms with Crippen molar-refractivity contribution in [3.63, 3.8) is 0 Å². The van der Waals surface area contributed by atoms with Gasteiger partial charge >= 0.3 is 5.97 Å². The Morgan fingerprint density at radius 3 is 2.39 bits per heavy atom. The third kappa shape index (κ3) is 5.28. The second-order valence-electron chi connectivity index (χ2n) is 8.58. The van der Waals surface area contributed by atoms with Crippen molar-refractivity contribution in [2.45, 2.75) is 57.9 Å². The molecule has 0 N–H and O–H groups in total. The molecule has 178 valence electrons. The molecule has 1 aliphatic heterocycles. The fraction of sp³-hybridized carbons (Fsp3) is 0.440. The number of carbonyl (C=O) groups excluding carboxylic acids is 2. The van der Waals surface area contributed by atoms with Gasteiger partial charge in [-0.05, 0) is 81.5 Å². The Bertz CT molecular complexity index is 1170. The van der Waals surface area contributed by atoms with Crippen molar-refractivity contribution in [3.8, 4) is 5.75 Å². The van der Waals surface area contributed by atoms with E-state index in [0.717, 1.165) is 36.0 Å². The van der Waals surface area contributed by atoms with Crippen molar-refractivity contribution in [1.82, 2.24) is 4.31 Å². The van der Waals surface area contributed by atoms with E-state index in [9.17, 15) is 18.0 Å². The van der Waals surface area contributed by atoms with Crippen molar-refractivity contribution >= 4 is 21.8 Å². The molecular weight excluding hydrogens is 442 g/mol. The minimum atomic E-state index is -3.87. The Hall–Kier alpha value is -2.71. The molecule has 0 saturated carbocycles. The Morgan fingerprint density at radius 2 is 1.73 bits per heavy atom. The maximum Gasteiger partial charge on any atom is 0.338 e. The molecule has 0 amide bonds. The van der Waals surface area contributed by atoms with Crippen LogP contribution < -0.4 is 4.74 Å². The van der Waals surface area contributed by atoms with E-state index in [-0.39, 0.29) is 28.0 Å². The first-order chi connectivity index (χ1) is 15.6. The fourth-order valence-corrected chi connectivity index (χ4v) is 6.00. The highest BCUT2D eigenvalue weighted by atomic mass is 32.2. The zero-order valence-corrected chi connectivity index (χ0v) is 20.6. The maximum atomic E-state index is 13.3. The normalized spacial score (nSPS) is 16.9. The molecule has 3 rings (SSSR count). The molecule has 0 spiro atoms. The summed E-state index contributed by atoms with van der Waals surface area (Å²) in [5.74, 6) is -0.922. The van der Waals surface area contributed by atoms with E-state index in [1.807, 2.05) is 33.8 Å². The molecule has 2 aromatic carbocycles. The van der Waals surface area contributed by atoms with E-state index in [2.05, 4.69) is 0 Å². The summed E-state index contributed by atoms with van der Waals surface area (Å²) in [6.45, 7) is 7.59. The number of carbonyl (C=O) groups is 2. The molecule has 0 bridgehead atoms. The molecule has 33 heavy (non-hydrogen) atoms. The van der Waals surface area contributed by atoms with E-state index in [0.29, 0.717) is 12.1 Å². The van der Waals surface area contributed by atoms with E-state index in [1.165, 1.54) is 29.6 Å². The van der Waals surface area contributed by atoms with Crippen LogP contribution in [0.5, 0.6) is 5.75 Å². The van der Waals surface area contributed by atoms with Gasteiger partial charge < -0.3 is 9.47 Å². The molecule has 1 fully saturated rings. The van der Waals surface area contributed by atoms with Crippen molar-refractivity contribution in [1.29, 1.82) is 0 Å². The predicted molar refractivity (Wildman–Crippen MR) is 125 cm³/mol. The lowest BCUT2D eigenvalue weighted by molar-refractivity contribution is 0.0474. The number of piperidine rings is 1. The number of methoxy groups -OCH3 is 1. The first-order valence-corrected chi connectivity index (χ1v) is 12.5. The van der Waals surface area contributed by atoms with Crippen LogP contribution in [0.4, 0.5) is 0 Å². The zero-order chi connectivity index (χ0) is 24.3. The Morgan fingerprint density at radius 1 is 1.03 bits per heavy atom. The highest BCUT2D eigenvalue weighted by molar-refractivity contribution is 7.89. The SMILES string of the molecule is COc1ccc(C(=O)OCC(=O)c2cc(C)c(C)cc2C)cc1S(=O)(=O)N1CCCCC1C. The van der Waals surface area contributed by atoms with Crippen LogP contribution in [0.1, 0.15) is 63.6 Å². The molecule has 1 saturated heterocycles. The number of aryl methyl sites for hydroxylation is 3. The quantitative estimate of drug-likeness (QED) is 0.442. The number of ketones is 1. The molecule has 1 atom stereocenters. The number of hydrogen-bond acceptors (Lipinski definition) is 6. The number of nitrogens with zero attached hydrogens (tertiary/aromatic N) is 1. The summed E-state index contributed by atoms with van der Waals surface area (Å²) in [6, 6.07) is 7.72. The molecule has 0 aromatic heterocycles. The van der Waals surface area contributed by atoms with Gasteiger partial charge in [-0.1, -0.05) is 12.5 Å². The second kappa shape index (κ2) is 10.1. The number of ether oxygens (including phenoxy) is 2. The van der Waals surface area contributed by atoms with Gasteiger partial charge in [-0.25, -0.2) is 13.2 Å². The summed E-state index contributed by atoms with van der Waals surface area (Å²) in [4.78, 5) is 25.2. The van der Waals surface area contributed by atoms with Gasteiger partial charge in [-0.3, -0.25) is 4.79 Å². The van der Waals surface area contributed by atoms with Gasteiger partial charge in [0, 0.05) is 18.2 Å². The van der Waals surface area contributed by atoms with E-state index in [1.54, 1.807) is 6.07 Å². The van der Waals surface area contributed by atoms with Crippen molar-refractivity contribution < 1.29 is 27.5 Å². The summed E-state index contributed by atoms with van der Waals surface area (Å²) < 4.78 is 38.6. The lowest BCUT2D eigenvalue weighted by atomic mass is 9.98. The monoisotopic (exact) mass is 473 g/mol. The summed E-state index contributed by atoms with van der Waals surface area (Å²) in [6.07, 6.45) is 2.54. The smallest absolute Gasteiger partial charge is 0.338 e. The lowest BCUT2D eigenvalue weighted by Crippen LogP contribution is -2.42. The first kappa shape index (κ1) is 24.9. The fourth-order valence-electron chi connectivity index (χ4n) is 4.11. The van der Waals surface area contributed by atoms with Crippen LogP contribution in [-0.2, 0) is 14.8 Å². The molecule has 2 aromatic rings. The number of Topliss-reactive ketones (excluding diaryl/α,β-unsaturated/α-hetero) is 1. The lowest BCUT2D eigenvalue weighted by Gasteiger charge is -2.32. The molecule has 7 nitrogen and oxygen atoms in total. The van der Waals surface area contributed by atoms with Crippen molar-refractivity contribution in [2.75, 3.05) is 20.3 Å². The van der Waals surface area contributed by atoms with Gasteiger partial charge in [0.25, 0.3) is 0 Å². The summed E-state index contributed by atoms with van der Waals surface area (Å²) in [5, 5.41) is 0. The number of hydrogen-bond donors (Lipinski definition) is 0. The van der Waals surface area contributed by atoms with Crippen LogP contribution in [-0.4, -0.2) is 50.8 Å². The van der Waals surface area contributed by atoms with Crippen molar-refractivity contribution in [3.05, 3.63) is 58.1 Å². The zero-order valence-electron chi connectivity index (χ0n) is 19.8. The van der Waals surface area contributed by atoms with Crippen LogP contribution in [0, 0.1) is 20.8 Å². The number of sulfonamides is 1. The second-order valence-corrected chi connectivity index (χ2v) is 10.4. The summed E-state index contributed by atoms with van der Waals surface area (Å²) >= 11 is 0. The van der Waals surface area contributed by atoms with Crippen LogP contribution >= 0.6 is 0 Å². The van der Waals surface area contributed by atoms with E-state index < -0.39 is 22.6 Å². The predicted octanol–water partition coefficient (Wildman–Crippen LogP) is 4.22. The molecule has 0 aliphatic carbocycles. The molecule has 1 aliphatic rings. The number of benzene rings is 2. The topological polar surface area (TPSA) is 90.0 Å². The van der Waals surface area contributed by atoms with Crippen molar-refractivity contribution in [2.24, 2.45) is 0 Å². The van der Waals surface area contributed by atoms with Gasteiger partial charge in [0.1, 0.15) is 10.6 Å².